The van der Waals surface area contributed by atoms with Gasteiger partial charge in [-0.2, -0.15) is 0 Å². The maximum absolute atomic E-state index is 6.29. The summed E-state index contributed by atoms with van der Waals surface area (Å²) >= 11 is 0. The van der Waals surface area contributed by atoms with Crippen LogP contribution in [0, 0.1) is 5.41 Å². The van der Waals surface area contributed by atoms with Gasteiger partial charge in [0.05, 0.1) is 5.60 Å². The van der Waals surface area contributed by atoms with E-state index >= 15 is 0 Å². The van der Waals surface area contributed by atoms with Gasteiger partial charge in [-0.1, -0.05) is 40.9 Å². The molecule has 0 aliphatic carbocycles. The van der Waals surface area contributed by atoms with E-state index in [1.165, 1.54) is 5.46 Å². The Morgan fingerprint density at radius 1 is 1.21 bits per heavy atom. The Morgan fingerprint density at radius 2 is 1.84 bits per heavy atom. The first-order valence-corrected chi connectivity index (χ1v) is 7.30. The van der Waals surface area contributed by atoms with Crippen molar-refractivity contribution in [1.29, 1.82) is 0 Å². The molecule has 106 valence electrons. The standard InChI is InChI=1S/C16H28BNO/c1-8-9-14-12-13(10-11-18-14)17(7)19-16(5,6)15(2,3)4/h10-12H,8-9H2,1-7H3. The molecule has 1 rings (SSSR count). The van der Waals surface area contributed by atoms with Crippen LogP contribution in [0.3, 0.4) is 0 Å². The molecule has 0 saturated carbocycles. The summed E-state index contributed by atoms with van der Waals surface area (Å²) in [4.78, 5) is 4.40. The van der Waals surface area contributed by atoms with Crippen LogP contribution in [0.1, 0.15) is 53.7 Å². The molecule has 0 radical (unpaired) electrons. The summed E-state index contributed by atoms with van der Waals surface area (Å²) in [6.07, 6.45) is 4.05. The highest BCUT2D eigenvalue weighted by Crippen LogP contribution is 2.33. The van der Waals surface area contributed by atoms with Gasteiger partial charge < -0.3 is 4.65 Å². The average Bonchev–Trinajstić information content (AvgIpc) is 2.27. The highest BCUT2D eigenvalue weighted by atomic mass is 16.5. The zero-order valence-electron chi connectivity index (χ0n) is 13.6. The Bertz CT molecular complexity index is 409. The van der Waals surface area contributed by atoms with Crippen molar-refractivity contribution in [3.63, 3.8) is 0 Å². The minimum absolute atomic E-state index is 0.0906. The van der Waals surface area contributed by atoms with Crippen molar-refractivity contribution in [3.8, 4) is 0 Å². The fourth-order valence-electron chi connectivity index (χ4n) is 1.83. The van der Waals surface area contributed by atoms with Gasteiger partial charge in [-0.15, -0.1) is 0 Å². The largest absolute Gasteiger partial charge is 0.426 e. The van der Waals surface area contributed by atoms with Gasteiger partial charge in [0, 0.05) is 11.9 Å². The van der Waals surface area contributed by atoms with Crippen molar-refractivity contribution in [1.82, 2.24) is 4.98 Å². The molecule has 0 bridgehead atoms. The molecule has 0 spiro atoms. The van der Waals surface area contributed by atoms with E-state index in [1.54, 1.807) is 0 Å². The molecule has 0 unspecified atom stereocenters. The molecule has 0 amide bonds. The smallest absolute Gasteiger partial charge is 0.324 e. The number of hydrogen-bond acceptors (Lipinski definition) is 2. The summed E-state index contributed by atoms with van der Waals surface area (Å²) in [5.41, 5.74) is 2.32. The lowest BCUT2D eigenvalue weighted by molar-refractivity contribution is 0.000445. The van der Waals surface area contributed by atoms with Crippen LogP contribution in [0.4, 0.5) is 0 Å². The highest BCUT2D eigenvalue weighted by Gasteiger charge is 2.35. The number of hydrogen-bond donors (Lipinski definition) is 0. The minimum atomic E-state index is -0.166. The van der Waals surface area contributed by atoms with Gasteiger partial charge in [-0.05, 0) is 43.3 Å². The molecular weight excluding hydrogens is 233 g/mol. The van der Waals surface area contributed by atoms with Gasteiger partial charge in [-0.25, -0.2) is 0 Å². The third-order valence-corrected chi connectivity index (χ3v) is 4.09. The minimum Gasteiger partial charge on any atom is -0.426 e. The Morgan fingerprint density at radius 3 is 2.37 bits per heavy atom. The number of aromatic nitrogens is 1. The van der Waals surface area contributed by atoms with Gasteiger partial charge in [0.2, 0.25) is 0 Å². The molecule has 0 fully saturated rings. The first-order chi connectivity index (χ1) is 8.67. The molecule has 19 heavy (non-hydrogen) atoms. The van der Waals surface area contributed by atoms with Crippen molar-refractivity contribution in [2.75, 3.05) is 0 Å². The van der Waals surface area contributed by atoms with Gasteiger partial charge in [-0.3, -0.25) is 4.98 Å². The lowest BCUT2D eigenvalue weighted by Crippen LogP contribution is -2.47. The number of nitrogens with zero attached hydrogens (tertiary/aromatic N) is 1. The first kappa shape index (κ1) is 16.2. The zero-order valence-corrected chi connectivity index (χ0v) is 13.6. The second kappa shape index (κ2) is 6.08. The van der Waals surface area contributed by atoms with E-state index in [4.69, 9.17) is 4.65 Å². The van der Waals surface area contributed by atoms with Crippen LogP contribution in [-0.2, 0) is 11.1 Å². The lowest BCUT2D eigenvalue weighted by atomic mass is 9.62. The van der Waals surface area contributed by atoms with Crippen molar-refractivity contribution in [2.24, 2.45) is 5.41 Å². The number of pyridine rings is 1. The van der Waals surface area contributed by atoms with Crippen molar-refractivity contribution in [2.45, 2.75) is 66.8 Å². The monoisotopic (exact) mass is 261 g/mol. The third kappa shape index (κ3) is 4.34. The molecule has 0 aliphatic rings. The van der Waals surface area contributed by atoms with E-state index < -0.39 is 0 Å². The summed E-state index contributed by atoms with van der Waals surface area (Å²) in [5, 5.41) is 0. The summed E-state index contributed by atoms with van der Waals surface area (Å²) in [6, 6.07) is 4.23. The molecule has 3 heteroatoms. The Hall–Kier alpha value is -0.825. The van der Waals surface area contributed by atoms with Gasteiger partial charge >= 0.3 is 6.92 Å². The average molecular weight is 261 g/mol. The third-order valence-electron chi connectivity index (χ3n) is 4.09. The maximum Gasteiger partial charge on any atom is 0.324 e. The maximum atomic E-state index is 6.29. The number of aryl methyl sites for hydroxylation is 1. The van der Waals surface area contributed by atoms with Crippen molar-refractivity contribution < 1.29 is 4.65 Å². The Labute approximate surface area is 119 Å². The van der Waals surface area contributed by atoms with Crippen LogP contribution in [0.5, 0.6) is 0 Å². The molecule has 0 atom stereocenters. The molecule has 1 aromatic rings. The van der Waals surface area contributed by atoms with Crippen LogP contribution in [0.25, 0.3) is 0 Å². The van der Waals surface area contributed by atoms with E-state index in [0.717, 1.165) is 18.5 Å². The van der Waals surface area contributed by atoms with E-state index in [9.17, 15) is 0 Å². The zero-order chi connectivity index (χ0) is 14.7. The Balaban J connectivity index is 2.83. The van der Waals surface area contributed by atoms with Crippen LogP contribution >= 0.6 is 0 Å². The van der Waals surface area contributed by atoms with E-state index in [1.807, 2.05) is 6.20 Å². The summed E-state index contributed by atoms with van der Waals surface area (Å²) in [6.45, 7) is 15.4. The van der Waals surface area contributed by atoms with E-state index in [2.05, 4.69) is 65.5 Å². The molecule has 0 aliphatic heterocycles. The highest BCUT2D eigenvalue weighted by molar-refractivity contribution is 6.66. The predicted molar refractivity (Wildman–Crippen MR) is 84.1 cm³/mol. The van der Waals surface area contributed by atoms with Crippen molar-refractivity contribution in [3.05, 3.63) is 24.0 Å². The number of rotatable bonds is 5. The summed E-state index contributed by atoms with van der Waals surface area (Å²) in [7, 11) is 0. The van der Waals surface area contributed by atoms with Gasteiger partial charge in [0.15, 0.2) is 0 Å². The van der Waals surface area contributed by atoms with E-state index in [0.29, 0.717) is 0 Å². The quantitative estimate of drug-likeness (QED) is 0.754. The fraction of sp³-hybridized carbons (Fsp3) is 0.688. The molecular formula is C16H28BNO. The van der Waals surface area contributed by atoms with Crippen LogP contribution in [0.15, 0.2) is 18.3 Å². The molecule has 1 aromatic heterocycles. The van der Waals surface area contributed by atoms with Gasteiger partial charge in [0.1, 0.15) is 0 Å². The normalized spacial score (nSPS) is 12.6. The van der Waals surface area contributed by atoms with E-state index in [-0.39, 0.29) is 17.9 Å². The molecule has 2 nitrogen and oxygen atoms in total. The van der Waals surface area contributed by atoms with Crippen LogP contribution in [-0.4, -0.2) is 17.5 Å². The van der Waals surface area contributed by atoms with Crippen LogP contribution in [0.2, 0.25) is 6.82 Å². The SMILES string of the molecule is CCCc1cc(B(C)OC(C)(C)C(C)(C)C)ccn1. The summed E-state index contributed by atoms with van der Waals surface area (Å²) in [5.74, 6) is 0. The molecule has 0 aromatic carbocycles. The predicted octanol–water partition coefficient (Wildman–Crippen LogP) is 3.70. The van der Waals surface area contributed by atoms with Crippen LogP contribution < -0.4 is 5.46 Å². The fourth-order valence-corrected chi connectivity index (χ4v) is 1.83. The molecule has 0 saturated heterocycles. The first-order valence-electron chi connectivity index (χ1n) is 7.30. The topological polar surface area (TPSA) is 22.1 Å². The summed E-state index contributed by atoms with van der Waals surface area (Å²) < 4.78 is 6.29. The lowest BCUT2D eigenvalue weighted by Gasteiger charge is -2.40. The van der Waals surface area contributed by atoms with Gasteiger partial charge in [0.25, 0.3) is 0 Å². The molecule has 0 N–H and O–H groups in total. The second-order valence-electron chi connectivity index (χ2n) is 6.85. The Kier molecular flexibility index (Phi) is 5.20. The molecule has 1 heterocycles. The van der Waals surface area contributed by atoms with Crippen molar-refractivity contribution >= 4 is 12.4 Å². The second-order valence-corrected chi connectivity index (χ2v) is 6.85.